The van der Waals surface area contributed by atoms with Gasteiger partial charge in [0.25, 0.3) is 0 Å². The minimum atomic E-state index is -1.11. The van der Waals surface area contributed by atoms with Gasteiger partial charge in [0, 0.05) is 18.8 Å². The van der Waals surface area contributed by atoms with Crippen LogP contribution in [-0.4, -0.2) is 52.0 Å². The van der Waals surface area contributed by atoms with Crippen molar-refractivity contribution in [3.8, 4) is 0 Å². The minimum absolute atomic E-state index is 0.0410. The van der Waals surface area contributed by atoms with Crippen LogP contribution in [0.5, 0.6) is 0 Å². The van der Waals surface area contributed by atoms with Crippen molar-refractivity contribution in [3.05, 3.63) is 24.0 Å². The van der Waals surface area contributed by atoms with Gasteiger partial charge in [-0.15, -0.1) is 0 Å². The highest BCUT2D eigenvalue weighted by Crippen LogP contribution is 2.29. The van der Waals surface area contributed by atoms with Gasteiger partial charge in [-0.3, -0.25) is 14.4 Å². The number of rotatable bonds is 9. The van der Waals surface area contributed by atoms with E-state index >= 15 is 0 Å². The molecule has 0 radical (unpaired) electrons. The molecule has 0 aromatic carbocycles. The highest BCUT2D eigenvalue weighted by molar-refractivity contribution is 5.93. The van der Waals surface area contributed by atoms with Crippen LogP contribution >= 0.6 is 0 Å². The van der Waals surface area contributed by atoms with Gasteiger partial charge in [-0.2, -0.15) is 0 Å². The van der Waals surface area contributed by atoms with Crippen LogP contribution in [0.3, 0.4) is 0 Å². The Kier molecular flexibility index (Phi) is 6.95. The third kappa shape index (κ3) is 4.78. The Balaban J connectivity index is 2.30. The Morgan fingerprint density at radius 1 is 1.39 bits per heavy atom. The molecular formula is C19H27N3O6. The normalized spacial score (nSPS) is 22.5. The van der Waals surface area contributed by atoms with Crippen LogP contribution in [-0.2, 0) is 19.1 Å². The summed E-state index contributed by atoms with van der Waals surface area (Å²) in [6.45, 7) is 5.41. The molecule has 2 rings (SSSR count). The van der Waals surface area contributed by atoms with Crippen LogP contribution in [0.4, 0.5) is 0 Å². The number of aromatic nitrogens is 1. The van der Waals surface area contributed by atoms with Crippen molar-refractivity contribution in [2.24, 2.45) is 17.6 Å². The van der Waals surface area contributed by atoms with Crippen molar-refractivity contribution in [3.63, 3.8) is 0 Å². The number of hydrogen-bond donors (Lipinski definition) is 3. The fraction of sp³-hybridized carbons (Fsp3) is 0.579. The number of nitrogens with zero attached hydrogens (tertiary/aromatic N) is 1. The van der Waals surface area contributed by atoms with Gasteiger partial charge >= 0.3 is 5.97 Å². The molecule has 0 saturated carbocycles. The van der Waals surface area contributed by atoms with Crippen molar-refractivity contribution in [2.45, 2.75) is 51.8 Å². The molecule has 1 aromatic rings. The summed E-state index contributed by atoms with van der Waals surface area (Å²) in [5.74, 6) is -2.81. The van der Waals surface area contributed by atoms with Crippen LogP contribution in [0.1, 0.15) is 50.0 Å². The van der Waals surface area contributed by atoms with E-state index in [0.29, 0.717) is 6.42 Å². The predicted octanol–water partition coefficient (Wildman–Crippen LogP) is 0.738. The zero-order chi connectivity index (χ0) is 21.0. The lowest BCUT2D eigenvalue weighted by Crippen LogP contribution is -2.48. The second-order valence-electron chi connectivity index (χ2n) is 7.31. The summed E-state index contributed by atoms with van der Waals surface area (Å²) in [7, 11) is 0. The van der Waals surface area contributed by atoms with E-state index in [-0.39, 0.29) is 36.2 Å². The van der Waals surface area contributed by atoms with E-state index in [4.69, 9.17) is 10.5 Å². The molecule has 1 saturated heterocycles. The fourth-order valence-corrected chi connectivity index (χ4v) is 3.52. The molecule has 0 bridgehead atoms. The standard InChI is InChI=1S/C19H27N3O6/c1-4-14-16(13(23)9-28-14)21-18(25)17(11(3)10(2)7-15(20)24)22-6-5-12(8-22)19(26)27/h5-6,8,10-11,14,16-17H,4,7,9H2,1-3H3,(H2,20,24)(H,21,25)(H,26,27). The Morgan fingerprint density at radius 2 is 2.07 bits per heavy atom. The largest absolute Gasteiger partial charge is 0.478 e. The van der Waals surface area contributed by atoms with Gasteiger partial charge < -0.3 is 25.5 Å². The number of carbonyl (C=O) groups is 4. The molecular weight excluding hydrogens is 366 g/mol. The molecule has 2 amide bonds. The third-order valence-electron chi connectivity index (χ3n) is 5.33. The second kappa shape index (κ2) is 9.01. The Morgan fingerprint density at radius 3 is 2.61 bits per heavy atom. The molecule has 28 heavy (non-hydrogen) atoms. The summed E-state index contributed by atoms with van der Waals surface area (Å²) in [4.78, 5) is 47.7. The lowest BCUT2D eigenvalue weighted by Gasteiger charge is -2.30. The van der Waals surface area contributed by atoms with E-state index in [1.165, 1.54) is 23.0 Å². The van der Waals surface area contributed by atoms with E-state index in [2.05, 4.69) is 5.32 Å². The number of Topliss-reactive ketones (excluding diaryl/α,β-unsaturated/α-hetero) is 1. The van der Waals surface area contributed by atoms with Crippen molar-refractivity contribution in [2.75, 3.05) is 6.61 Å². The molecule has 4 N–H and O–H groups in total. The number of carboxylic acids is 1. The lowest BCUT2D eigenvalue weighted by molar-refractivity contribution is -0.130. The molecule has 9 heteroatoms. The highest BCUT2D eigenvalue weighted by Gasteiger charge is 2.39. The molecule has 5 unspecified atom stereocenters. The lowest BCUT2D eigenvalue weighted by atomic mass is 9.85. The van der Waals surface area contributed by atoms with Gasteiger partial charge in [-0.25, -0.2) is 4.79 Å². The first-order valence-electron chi connectivity index (χ1n) is 9.29. The van der Waals surface area contributed by atoms with Gasteiger partial charge in [0.2, 0.25) is 11.8 Å². The Bertz CT molecular complexity index is 759. The van der Waals surface area contributed by atoms with Crippen LogP contribution in [0.15, 0.2) is 18.5 Å². The molecule has 0 spiro atoms. The number of primary amides is 1. The van der Waals surface area contributed by atoms with Crippen molar-refractivity contribution in [1.29, 1.82) is 0 Å². The van der Waals surface area contributed by atoms with Crippen molar-refractivity contribution >= 4 is 23.6 Å². The smallest absolute Gasteiger partial charge is 0.337 e. The first-order chi connectivity index (χ1) is 13.1. The molecule has 9 nitrogen and oxygen atoms in total. The number of nitrogens with two attached hydrogens (primary N) is 1. The number of ether oxygens (including phenoxy) is 1. The maximum absolute atomic E-state index is 13.1. The zero-order valence-corrected chi connectivity index (χ0v) is 16.3. The predicted molar refractivity (Wildman–Crippen MR) is 99.5 cm³/mol. The number of nitrogens with one attached hydrogen (secondary N) is 1. The first kappa shape index (κ1) is 21.6. The molecule has 1 aliphatic heterocycles. The number of amides is 2. The van der Waals surface area contributed by atoms with E-state index in [1.807, 2.05) is 6.92 Å². The first-order valence-corrected chi connectivity index (χ1v) is 9.29. The van der Waals surface area contributed by atoms with E-state index in [9.17, 15) is 24.3 Å². The summed E-state index contributed by atoms with van der Waals surface area (Å²) in [5, 5.41) is 11.9. The van der Waals surface area contributed by atoms with E-state index in [0.717, 1.165) is 0 Å². The van der Waals surface area contributed by atoms with E-state index in [1.54, 1.807) is 13.8 Å². The molecule has 5 atom stereocenters. The monoisotopic (exact) mass is 393 g/mol. The molecule has 1 fully saturated rings. The maximum atomic E-state index is 13.1. The van der Waals surface area contributed by atoms with Crippen molar-refractivity contribution in [1.82, 2.24) is 9.88 Å². The van der Waals surface area contributed by atoms with Gasteiger partial charge in [0.05, 0.1) is 11.7 Å². The molecule has 2 heterocycles. The topological polar surface area (TPSA) is 141 Å². The van der Waals surface area contributed by atoms with Crippen molar-refractivity contribution < 1.29 is 29.0 Å². The molecule has 0 aliphatic carbocycles. The zero-order valence-electron chi connectivity index (χ0n) is 16.3. The third-order valence-corrected chi connectivity index (χ3v) is 5.33. The van der Waals surface area contributed by atoms with Gasteiger partial charge in [0.1, 0.15) is 18.7 Å². The number of ketones is 1. The van der Waals surface area contributed by atoms with Crippen LogP contribution in [0.2, 0.25) is 0 Å². The summed E-state index contributed by atoms with van der Waals surface area (Å²) in [6.07, 6.45) is 3.13. The van der Waals surface area contributed by atoms with Gasteiger partial charge in [0.15, 0.2) is 5.78 Å². The Hall–Kier alpha value is -2.68. The molecule has 154 valence electrons. The van der Waals surface area contributed by atoms with Gasteiger partial charge in [-0.05, 0) is 24.3 Å². The highest BCUT2D eigenvalue weighted by atomic mass is 16.5. The summed E-state index contributed by atoms with van der Waals surface area (Å²) in [6, 6.07) is -0.159. The second-order valence-corrected chi connectivity index (χ2v) is 7.31. The maximum Gasteiger partial charge on any atom is 0.337 e. The summed E-state index contributed by atoms with van der Waals surface area (Å²) >= 11 is 0. The molecule has 1 aromatic heterocycles. The average Bonchev–Trinajstić information content (AvgIpc) is 3.22. The van der Waals surface area contributed by atoms with Crippen LogP contribution in [0.25, 0.3) is 0 Å². The SMILES string of the molecule is CCC1OCC(=O)C1NC(=O)C(C(C)C(C)CC(N)=O)n1ccc(C(=O)O)c1. The fourth-order valence-electron chi connectivity index (χ4n) is 3.52. The average molecular weight is 393 g/mol. The number of carboxylic acid groups (broad SMARTS) is 1. The Labute approximate surface area is 163 Å². The summed E-state index contributed by atoms with van der Waals surface area (Å²) < 4.78 is 6.90. The van der Waals surface area contributed by atoms with Gasteiger partial charge in [-0.1, -0.05) is 20.8 Å². The van der Waals surface area contributed by atoms with E-state index < -0.39 is 36.0 Å². The number of hydrogen-bond acceptors (Lipinski definition) is 5. The van der Waals surface area contributed by atoms with Crippen LogP contribution < -0.4 is 11.1 Å². The summed E-state index contributed by atoms with van der Waals surface area (Å²) in [5.41, 5.74) is 5.33. The molecule has 1 aliphatic rings. The quantitative estimate of drug-likeness (QED) is 0.565. The minimum Gasteiger partial charge on any atom is -0.478 e. The number of carbonyl (C=O) groups excluding carboxylic acids is 3. The number of aromatic carboxylic acids is 1. The van der Waals surface area contributed by atoms with Crippen LogP contribution in [0, 0.1) is 11.8 Å².